The van der Waals surface area contributed by atoms with Crippen LogP contribution in [0.1, 0.15) is 38.2 Å². The molecule has 2 rings (SSSR count). The van der Waals surface area contributed by atoms with E-state index in [0.717, 1.165) is 0 Å². The highest BCUT2D eigenvalue weighted by molar-refractivity contribution is 5.93. The number of aromatic nitrogens is 3. The minimum absolute atomic E-state index is 0.0678. The van der Waals surface area contributed by atoms with E-state index in [1.165, 1.54) is 4.57 Å². The summed E-state index contributed by atoms with van der Waals surface area (Å²) in [4.78, 5) is 33.3. The van der Waals surface area contributed by atoms with Gasteiger partial charge >= 0.3 is 0 Å². The summed E-state index contributed by atoms with van der Waals surface area (Å²) in [5, 5.41) is 2.75. The Morgan fingerprint density at radius 1 is 1.27 bits per heavy atom. The highest BCUT2D eigenvalue weighted by Gasteiger charge is 2.18. The Morgan fingerprint density at radius 2 is 2.00 bits per heavy atom. The standard InChI is InChI=1S/C16H22N4O2/c1-10(2)8-18-15(21)13-16(22)20(9-11(3)4)14-12(19-13)6-5-7-17-14/h5-7,10-11H,8-9H2,1-4H3,(H,18,21). The summed E-state index contributed by atoms with van der Waals surface area (Å²) in [6.07, 6.45) is 1.62. The van der Waals surface area contributed by atoms with Gasteiger partial charge in [-0.3, -0.25) is 14.2 Å². The van der Waals surface area contributed by atoms with Crippen LogP contribution in [0.15, 0.2) is 23.1 Å². The van der Waals surface area contributed by atoms with Crippen LogP contribution in [0.2, 0.25) is 0 Å². The fraction of sp³-hybridized carbons (Fsp3) is 0.500. The minimum Gasteiger partial charge on any atom is -0.350 e. The Labute approximate surface area is 129 Å². The van der Waals surface area contributed by atoms with Gasteiger partial charge in [0.2, 0.25) is 0 Å². The van der Waals surface area contributed by atoms with Gasteiger partial charge in [-0.1, -0.05) is 27.7 Å². The molecule has 0 atom stereocenters. The van der Waals surface area contributed by atoms with Crippen molar-refractivity contribution in [3.8, 4) is 0 Å². The number of carbonyl (C=O) groups is 1. The van der Waals surface area contributed by atoms with Gasteiger partial charge in [-0.05, 0) is 24.0 Å². The minimum atomic E-state index is -0.429. The largest absolute Gasteiger partial charge is 0.350 e. The van der Waals surface area contributed by atoms with Crippen LogP contribution in [0.25, 0.3) is 11.2 Å². The molecule has 0 aliphatic heterocycles. The number of carbonyl (C=O) groups excluding carboxylic acids is 1. The molecule has 0 spiro atoms. The molecule has 1 amide bonds. The molecule has 0 fully saturated rings. The molecule has 0 bridgehead atoms. The van der Waals surface area contributed by atoms with Crippen molar-refractivity contribution >= 4 is 17.1 Å². The number of rotatable bonds is 5. The average molecular weight is 302 g/mol. The molecule has 118 valence electrons. The van der Waals surface area contributed by atoms with Crippen LogP contribution in [0.4, 0.5) is 0 Å². The lowest BCUT2D eigenvalue weighted by Crippen LogP contribution is -2.37. The Morgan fingerprint density at radius 3 is 2.64 bits per heavy atom. The van der Waals surface area contributed by atoms with E-state index in [-0.39, 0.29) is 17.2 Å². The van der Waals surface area contributed by atoms with Gasteiger partial charge in [-0.2, -0.15) is 0 Å². The maximum atomic E-state index is 12.6. The summed E-state index contributed by atoms with van der Waals surface area (Å²) in [7, 11) is 0. The first-order chi connectivity index (χ1) is 10.4. The molecule has 2 aromatic rings. The van der Waals surface area contributed by atoms with E-state index >= 15 is 0 Å². The van der Waals surface area contributed by atoms with Gasteiger partial charge < -0.3 is 5.32 Å². The van der Waals surface area contributed by atoms with Crippen LogP contribution in [0.5, 0.6) is 0 Å². The van der Waals surface area contributed by atoms with Crippen LogP contribution in [-0.2, 0) is 6.54 Å². The molecule has 0 saturated carbocycles. The number of fused-ring (bicyclic) bond motifs is 1. The fourth-order valence-electron chi connectivity index (χ4n) is 2.14. The van der Waals surface area contributed by atoms with Crippen LogP contribution in [-0.4, -0.2) is 27.0 Å². The van der Waals surface area contributed by atoms with E-state index in [1.54, 1.807) is 18.3 Å². The van der Waals surface area contributed by atoms with Gasteiger partial charge in [-0.25, -0.2) is 9.97 Å². The van der Waals surface area contributed by atoms with Gasteiger partial charge in [-0.15, -0.1) is 0 Å². The average Bonchev–Trinajstić information content (AvgIpc) is 2.47. The van der Waals surface area contributed by atoms with Gasteiger partial charge in [0, 0.05) is 19.3 Å². The molecule has 0 saturated heterocycles. The number of nitrogens with one attached hydrogen (secondary N) is 1. The van der Waals surface area contributed by atoms with E-state index in [1.807, 2.05) is 27.7 Å². The van der Waals surface area contributed by atoms with Crippen molar-refractivity contribution in [3.05, 3.63) is 34.4 Å². The second-order valence-electron chi connectivity index (χ2n) is 6.22. The van der Waals surface area contributed by atoms with Gasteiger partial charge in [0.15, 0.2) is 11.3 Å². The Bertz CT molecular complexity index is 734. The predicted molar refractivity (Wildman–Crippen MR) is 85.8 cm³/mol. The molecule has 0 unspecified atom stereocenters. The molecule has 6 heteroatoms. The van der Waals surface area contributed by atoms with Crippen molar-refractivity contribution in [1.29, 1.82) is 0 Å². The SMILES string of the molecule is CC(C)CNC(=O)c1nc2cccnc2n(CC(C)C)c1=O. The van der Waals surface area contributed by atoms with Gasteiger partial charge in [0.1, 0.15) is 5.52 Å². The molecule has 6 nitrogen and oxygen atoms in total. The second-order valence-corrected chi connectivity index (χ2v) is 6.22. The number of pyridine rings is 1. The van der Waals surface area contributed by atoms with Crippen molar-refractivity contribution in [2.45, 2.75) is 34.2 Å². The predicted octanol–water partition coefficient (Wildman–Crippen LogP) is 1.83. The van der Waals surface area contributed by atoms with Crippen molar-refractivity contribution in [2.24, 2.45) is 11.8 Å². The number of nitrogens with zero attached hydrogens (tertiary/aromatic N) is 3. The summed E-state index contributed by atoms with van der Waals surface area (Å²) >= 11 is 0. The van der Waals surface area contributed by atoms with Crippen molar-refractivity contribution in [2.75, 3.05) is 6.54 Å². The maximum absolute atomic E-state index is 12.6. The van der Waals surface area contributed by atoms with E-state index < -0.39 is 5.91 Å². The third-order valence-electron chi connectivity index (χ3n) is 3.14. The number of hydrogen-bond acceptors (Lipinski definition) is 4. The van der Waals surface area contributed by atoms with Crippen molar-refractivity contribution in [3.63, 3.8) is 0 Å². The second kappa shape index (κ2) is 6.68. The maximum Gasteiger partial charge on any atom is 0.283 e. The quantitative estimate of drug-likeness (QED) is 0.914. The molecule has 22 heavy (non-hydrogen) atoms. The topological polar surface area (TPSA) is 76.9 Å². The first-order valence-electron chi connectivity index (χ1n) is 7.54. The molecule has 0 aliphatic rings. The smallest absolute Gasteiger partial charge is 0.283 e. The monoisotopic (exact) mass is 302 g/mol. The summed E-state index contributed by atoms with van der Waals surface area (Å²) in [5.74, 6) is 0.141. The lowest BCUT2D eigenvalue weighted by Gasteiger charge is -2.13. The summed E-state index contributed by atoms with van der Waals surface area (Å²) < 4.78 is 1.54. The molecule has 0 aliphatic carbocycles. The molecule has 2 aromatic heterocycles. The lowest BCUT2D eigenvalue weighted by atomic mass is 10.2. The van der Waals surface area contributed by atoms with E-state index in [2.05, 4.69) is 15.3 Å². The van der Waals surface area contributed by atoms with Crippen LogP contribution in [0.3, 0.4) is 0 Å². The Kier molecular flexibility index (Phi) is 4.90. The third kappa shape index (κ3) is 3.50. The zero-order valence-corrected chi connectivity index (χ0v) is 13.5. The number of hydrogen-bond donors (Lipinski definition) is 1. The molecular formula is C16H22N4O2. The van der Waals surface area contributed by atoms with Crippen LogP contribution < -0.4 is 10.9 Å². The highest BCUT2D eigenvalue weighted by Crippen LogP contribution is 2.09. The Hall–Kier alpha value is -2.24. The summed E-state index contributed by atoms with van der Waals surface area (Å²) in [6.45, 7) is 9.03. The zero-order chi connectivity index (χ0) is 16.3. The van der Waals surface area contributed by atoms with Crippen LogP contribution in [0, 0.1) is 11.8 Å². The first kappa shape index (κ1) is 16.1. The molecule has 0 radical (unpaired) electrons. The normalized spacial score (nSPS) is 11.4. The van der Waals surface area contributed by atoms with Crippen molar-refractivity contribution < 1.29 is 4.79 Å². The highest BCUT2D eigenvalue weighted by atomic mass is 16.2. The van der Waals surface area contributed by atoms with Gasteiger partial charge in [0.25, 0.3) is 11.5 Å². The first-order valence-corrected chi connectivity index (χ1v) is 7.54. The van der Waals surface area contributed by atoms with E-state index in [9.17, 15) is 9.59 Å². The fourth-order valence-corrected chi connectivity index (χ4v) is 2.14. The molecular weight excluding hydrogens is 280 g/mol. The van der Waals surface area contributed by atoms with E-state index in [0.29, 0.717) is 30.2 Å². The molecule has 1 N–H and O–H groups in total. The van der Waals surface area contributed by atoms with Crippen LogP contribution >= 0.6 is 0 Å². The van der Waals surface area contributed by atoms with Gasteiger partial charge in [0.05, 0.1) is 0 Å². The molecule has 2 heterocycles. The Balaban J connectivity index is 2.53. The van der Waals surface area contributed by atoms with Crippen molar-refractivity contribution in [1.82, 2.24) is 19.9 Å². The zero-order valence-electron chi connectivity index (χ0n) is 13.5. The summed E-state index contributed by atoms with van der Waals surface area (Å²) in [6, 6.07) is 3.51. The van der Waals surface area contributed by atoms with E-state index in [4.69, 9.17) is 0 Å². The summed E-state index contributed by atoms with van der Waals surface area (Å²) in [5.41, 5.74) is 0.613. The molecule has 0 aromatic carbocycles. The number of amides is 1. The lowest BCUT2D eigenvalue weighted by molar-refractivity contribution is 0.0942. The third-order valence-corrected chi connectivity index (χ3v) is 3.14.